The SMILES string of the molecule is CCCCCCCCC/C(C)=C/COC(C)=O. The molecule has 0 aromatic heterocycles. The maximum Gasteiger partial charge on any atom is 0.302 e. The van der Waals surface area contributed by atoms with E-state index >= 15 is 0 Å². The normalized spacial score (nSPS) is 11.6. The topological polar surface area (TPSA) is 26.3 Å². The molecule has 0 spiro atoms. The van der Waals surface area contributed by atoms with Gasteiger partial charge in [-0.05, 0) is 25.8 Å². The molecule has 0 bridgehead atoms. The van der Waals surface area contributed by atoms with Crippen LogP contribution in [0.25, 0.3) is 0 Å². The fourth-order valence-corrected chi connectivity index (χ4v) is 1.76. The van der Waals surface area contributed by atoms with Crippen LogP contribution in [0.15, 0.2) is 11.6 Å². The fraction of sp³-hybridized carbons (Fsp3) is 0.800. The smallest absolute Gasteiger partial charge is 0.302 e. The Labute approximate surface area is 106 Å². The number of allylic oxidation sites excluding steroid dienone is 1. The van der Waals surface area contributed by atoms with Crippen molar-refractivity contribution in [3.8, 4) is 0 Å². The van der Waals surface area contributed by atoms with Crippen molar-refractivity contribution in [1.82, 2.24) is 0 Å². The van der Waals surface area contributed by atoms with Gasteiger partial charge in [-0.15, -0.1) is 0 Å². The first kappa shape index (κ1) is 16.2. The molecule has 0 saturated heterocycles. The summed E-state index contributed by atoms with van der Waals surface area (Å²) in [6.07, 6.45) is 12.5. The second kappa shape index (κ2) is 11.7. The van der Waals surface area contributed by atoms with Crippen LogP contribution in [0.3, 0.4) is 0 Å². The van der Waals surface area contributed by atoms with Gasteiger partial charge in [-0.3, -0.25) is 4.79 Å². The summed E-state index contributed by atoms with van der Waals surface area (Å²) >= 11 is 0. The summed E-state index contributed by atoms with van der Waals surface area (Å²) in [5.74, 6) is -0.204. The van der Waals surface area contributed by atoms with Crippen LogP contribution >= 0.6 is 0 Å². The molecule has 0 aliphatic rings. The van der Waals surface area contributed by atoms with E-state index in [2.05, 4.69) is 13.8 Å². The third kappa shape index (κ3) is 13.1. The van der Waals surface area contributed by atoms with E-state index in [1.54, 1.807) is 0 Å². The van der Waals surface area contributed by atoms with Gasteiger partial charge >= 0.3 is 5.97 Å². The van der Waals surface area contributed by atoms with Gasteiger partial charge in [0.1, 0.15) is 6.61 Å². The van der Waals surface area contributed by atoms with E-state index in [1.807, 2.05) is 6.08 Å². The molecular formula is C15H28O2. The molecule has 2 heteroatoms. The minimum Gasteiger partial charge on any atom is -0.462 e. The lowest BCUT2D eigenvalue weighted by Gasteiger charge is -2.03. The van der Waals surface area contributed by atoms with E-state index in [0.29, 0.717) is 6.61 Å². The quantitative estimate of drug-likeness (QED) is 0.316. The molecule has 100 valence electrons. The summed E-state index contributed by atoms with van der Waals surface area (Å²) in [5, 5.41) is 0. The van der Waals surface area contributed by atoms with Crippen molar-refractivity contribution < 1.29 is 9.53 Å². The number of hydrogen-bond acceptors (Lipinski definition) is 2. The average Bonchev–Trinajstić information content (AvgIpc) is 2.27. The maximum absolute atomic E-state index is 10.6. The molecule has 0 aliphatic heterocycles. The molecule has 0 fully saturated rings. The first-order valence-corrected chi connectivity index (χ1v) is 6.95. The van der Waals surface area contributed by atoms with E-state index < -0.39 is 0 Å². The van der Waals surface area contributed by atoms with E-state index in [9.17, 15) is 4.79 Å². The minimum absolute atomic E-state index is 0.204. The Bertz CT molecular complexity index is 219. The second-order valence-electron chi connectivity index (χ2n) is 4.72. The number of ether oxygens (including phenoxy) is 1. The van der Waals surface area contributed by atoms with Gasteiger partial charge in [0.2, 0.25) is 0 Å². The first-order chi connectivity index (χ1) is 8.16. The van der Waals surface area contributed by atoms with Crippen molar-refractivity contribution >= 4 is 5.97 Å². The van der Waals surface area contributed by atoms with Gasteiger partial charge in [-0.1, -0.05) is 51.0 Å². The monoisotopic (exact) mass is 240 g/mol. The van der Waals surface area contributed by atoms with Crippen LogP contribution in [0.1, 0.15) is 72.1 Å². The zero-order valence-corrected chi connectivity index (χ0v) is 11.8. The number of carbonyl (C=O) groups excluding carboxylic acids is 1. The van der Waals surface area contributed by atoms with Crippen molar-refractivity contribution in [3.63, 3.8) is 0 Å². The standard InChI is InChI=1S/C15H28O2/c1-4-5-6-7-8-9-10-11-14(2)12-13-17-15(3)16/h12H,4-11,13H2,1-3H3/b14-12+. The van der Waals surface area contributed by atoms with Gasteiger partial charge in [-0.2, -0.15) is 0 Å². The fourth-order valence-electron chi connectivity index (χ4n) is 1.76. The molecular weight excluding hydrogens is 212 g/mol. The largest absolute Gasteiger partial charge is 0.462 e. The van der Waals surface area contributed by atoms with Gasteiger partial charge in [0.05, 0.1) is 0 Å². The molecule has 0 aliphatic carbocycles. The molecule has 0 heterocycles. The van der Waals surface area contributed by atoms with Crippen molar-refractivity contribution in [2.24, 2.45) is 0 Å². The molecule has 2 nitrogen and oxygen atoms in total. The van der Waals surface area contributed by atoms with Crippen molar-refractivity contribution in [2.75, 3.05) is 6.61 Å². The van der Waals surface area contributed by atoms with Crippen LogP contribution in [-0.2, 0) is 9.53 Å². The highest BCUT2D eigenvalue weighted by molar-refractivity contribution is 5.66. The average molecular weight is 240 g/mol. The van der Waals surface area contributed by atoms with E-state index in [1.165, 1.54) is 57.4 Å². The number of hydrogen-bond donors (Lipinski definition) is 0. The molecule has 0 rings (SSSR count). The molecule has 0 aromatic carbocycles. The Morgan fingerprint density at radius 2 is 1.59 bits per heavy atom. The molecule has 17 heavy (non-hydrogen) atoms. The lowest BCUT2D eigenvalue weighted by atomic mass is 10.1. The predicted molar refractivity (Wildman–Crippen MR) is 73.0 cm³/mol. The molecule has 0 atom stereocenters. The second-order valence-corrected chi connectivity index (χ2v) is 4.72. The summed E-state index contributed by atoms with van der Waals surface area (Å²) in [6.45, 7) is 6.23. The van der Waals surface area contributed by atoms with Crippen LogP contribution in [0.4, 0.5) is 0 Å². The zero-order chi connectivity index (χ0) is 12.9. The summed E-state index contributed by atoms with van der Waals surface area (Å²) in [5.41, 5.74) is 1.33. The number of rotatable bonds is 10. The van der Waals surface area contributed by atoms with E-state index in [0.717, 1.165) is 6.42 Å². The molecule has 0 radical (unpaired) electrons. The van der Waals surface area contributed by atoms with Crippen LogP contribution in [-0.4, -0.2) is 12.6 Å². The predicted octanol–water partition coefficient (Wildman–Crippen LogP) is 4.64. The van der Waals surface area contributed by atoms with Crippen LogP contribution < -0.4 is 0 Å². The Balaban J connectivity index is 3.32. The molecule has 0 unspecified atom stereocenters. The van der Waals surface area contributed by atoms with Crippen LogP contribution in [0.5, 0.6) is 0 Å². The van der Waals surface area contributed by atoms with Gasteiger partial charge < -0.3 is 4.74 Å². The third-order valence-electron chi connectivity index (χ3n) is 2.89. The summed E-state index contributed by atoms with van der Waals surface area (Å²) < 4.78 is 4.87. The maximum atomic E-state index is 10.6. The third-order valence-corrected chi connectivity index (χ3v) is 2.89. The van der Waals surface area contributed by atoms with Crippen molar-refractivity contribution in [3.05, 3.63) is 11.6 Å². The van der Waals surface area contributed by atoms with E-state index in [-0.39, 0.29) is 5.97 Å². The van der Waals surface area contributed by atoms with Crippen molar-refractivity contribution in [1.29, 1.82) is 0 Å². The Morgan fingerprint density at radius 3 is 2.18 bits per heavy atom. The van der Waals surface area contributed by atoms with Gasteiger partial charge in [0, 0.05) is 6.92 Å². The number of esters is 1. The molecule has 0 amide bonds. The Morgan fingerprint density at radius 1 is 1.00 bits per heavy atom. The summed E-state index contributed by atoms with van der Waals surface area (Å²) in [6, 6.07) is 0. The number of carbonyl (C=O) groups is 1. The van der Waals surface area contributed by atoms with Crippen molar-refractivity contribution in [2.45, 2.75) is 72.1 Å². The Hall–Kier alpha value is -0.790. The highest BCUT2D eigenvalue weighted by Crippen LogP contribution is 2.11. The van der Waals surface area contributed by atoms with Gasteiger partial charge in [-0.25, -0.2) is 0 Å². The highest BCUT2D eigenvalue weighted by atomic mass is 16.5. The van der Waals surface area contributed by atoms with Gasteiger partial charge in [0.15, 0.2) is 0 Å². The van der Waals surface area contributed by atoms with Crippen LogP contribution in [0.2, 0.25) is 0 Å². The van der Waals surface area contributed by atoms with Crippen LogP contribution in [0, 0.1) is 0 Å². The summed E-state index contributed by atoms with van der Waals surface area (Å²) in [7, 11) is 0. The lowest BCUT2D eigenvalue weighted by molar-refractivity contribution is -0.139. The minimum atomic E-state index is -0.204. The summed E-state index contributed by atoms with van der Waals surface area (Å²) in [4.78, 5) is 10.6. The molecule has 0 N–H and O–H groups in total. The molecule has 0 aromatic rings. The first-order valence-electron chi connectivity index (χ1n) is 6.95. The number of unbranched alkanes of at least 4 members (excludes halogenated alkanes) is 6. The Kier molecular flexibility index (Phi) is 11.1. The highest BCUT2D eigenvalue weighted by Gasteiger charge is 1.94. The molecule has 0 saturated carbocycles. The van der Waals surface area contributed by atoms with E-state index in [4.69, 9.17) is 4.74 Å². The van der Waals surface area contributed by atoms with Gasteiger partial charge in [0.25, 0.3) is 0 Å². The lowest BCUT2D eigenvalue weighted by Crippen LogP contribution is -1.98. The zero-order valence-electron chi connectivity index (χ0n) is 11.8.